The molecule has 8 nitrogen and oxygen atoms in total. The highest BCUT2D eigenvalue weighted by Crippen LogP contribution is 2.19. The van der Waals surface area contributed by atoms with Crippen molar-refractivity contribution in [1.82, 2.24) is 24.6 Å². The smallest absolute Gasteiger partial charge is 0.267 e. The fourth-order valence-electron chi connectivity index (χ4n) is 3.21. The second-order valence-corrected chi connectivity index (χ2v) is 7.64. The van der Waals surface area contributed by atoms with Crippen molar-refractivity contribution < 1.29 is 9.15 Å². The fraction of sp³-hybridized carbons (Fsp3) is 0.250. The normalized spacial score (nSPS) is 11.1. The Bertz CT molecular complexity index is 1200. The predicted molar refractivity (Wildman–Crippen MR) is 121 cm³/mol. The van der Waals surface area contributed by atoms with E-state index in [1.807, 2.05) is 44.4 Å². The Balaban J connectivity index is 1.46. The summed E-state index contributed by atoms with van der Waals surface area (Å²) in [5.41, 5.74) is 2.20. The van der Waals surface area contributed by atoms with Gasteiger partial charge in [0, 0.05) is 18.2 Å². The van der Waals surface area contributed by atoms with Gasteiger partial charge in [-0.2, -0.15) is 5.10 Å². The number of ether oxygens (including phenoxy) is 1. The van der Waals surface area contributed by atoms with Crippen molar-refractivity contribution in [3.8, 4) is 28.6 Å². The second kappa shape index (κ2) is 10.0. The van der Waals surface area contributed by atoms with Crippen molar-refractivity contribution in [3.05, 3.63) is 83.1 Å². The van der Waals surface area contributed by atoms with Gasteiger partial charge in [-0.3, -0.25) is 4.79 Å². The largest absolute Gasteiger partial charge is 0.490 e. The third-order valence-electron chi connectivity index (χ3n) is 4.80. The molecule has 0 saturated heterocycles. The van der Waals surface area contributed by atoms with Gasteiger partial charge in [-0.25, -0.2) is 14.6 Å². The van der Waals surface area contributed by atoms with E-state index in [-0.39, 0.29) is 5.56 Å². The summed E-state index contributed by atoms with van der Waals surface area (Å²) in [4.78, 5) is 23.3. The standard InChI is InChI=1S/C24H25N5O3/c1-28(2)11-5-13-31-20-15-25-24(26-16-20)19-7-3-6-18(14-19)17-29-23(30)10-9-21(27-29)22-8-4-12-32-22/h3-4,6-10,12,14-16H,5,11,13,17H2,1-2H3. The van der Waals surface area contributed by atoms with Gasteiger partial charge in [0.25, 0.3) is 5.56 Å². The highest BCUT2D eigenvalue weighted by Gasteiger charge is 2.08. The fourth-order valence-corrected chi connectivity index (χ4v) is 3.21. The monoisotopic (exact) mass is 431 g/mol. The minimum absolute atomic E-state index is 0.183. The number of benzene rings is 1. The molecule has 0 bridgehead atoms. The first-order valence-electron chi connectivity index (χ1n) is 10.4. The molecule has 0 aliphatic heterocycles. The Kier molecular flexibility index (Phi) is 6.72. The van der Waals surface area contributed by atoms with Crippen molar-refractivity contribution >= 4 is 0 Å². The first-order valence-corrected chi connectivity index (χ1v) is 10.4. The van der Waals surface area contributed by atoms with Crippen LogP contribution in [0.1, 0.15) is 12.0 Å². The quantitative estimate of drug-likeness (QED) is 0.376. The molecule has 0 radical (unpaired) electrons. The first-order chi connectivity index (χ1) is 15.6. The first kappa shape index (κ1) is 21.5. The highest BCUT2D eigenvalue weighted by atomic mass is 16.5. The lowest BCUT2D eigenvalue weighted by atomic mass is 10.1. The van der Waals surface area contributed by atoms with Gasteiger partial charge in [0.15, 0.2) is 17.3 Å². The van der Waals surface area contributed by atoms with E-state index < -0.39 is 0 Å². The maximum Gasteiger partial charge on any atom is 0.267 e. The van der Waals surface area contributed by atoms with E-state index in [9.17, 15) is 4.79 Å². The van der Waals surface area contributed by atoms with Crippen molar-refractivity contribution in [2.45, 2.75) is 13.0 Å². The van der Waals surface area contributed by atoms with Gasteiger partial charge in [-0.15, -0.1) is 0 Å². The van der Waals surface area contributed by atoms with Crippen LogP contribution in [0, 0.1) is 0 Å². The molecule has 1 aromatic carbocycles. The molecule has 164 valence electrons. The number of rotatable bonds is 9. The Morgan fingerprint density at radius 2 is 1.91 bits per heavy atom. The van der Waals surface area contributed by atoms with Crippen LogP contribution in [-0.2, 0) is 6.54 Å². The van der Waals surface area contributed by atoms with E-state index in [1.54, 1.807) is 30.8 Å². The molecule has 0 saturated carbocycles. The topological polar surface area (TPSA) is 86.3 Å². The Morgan fingerprint density at radius 1 is 1.06 bits per heavy atom. The van der Waals surface area contributed by atoms with Crippen molar-refractivity contribution in [3.63, 3.8) is 0 Å². The summed E-state index contributed by atoms with van der Waals surface area (Å²) in [5, 5.41) is 4.43. The van der Waals surface area contributed by atoms with E-state index in [4.69, 9.17) is 9.15 Å². The lowest BCUT2D eigenvalue weighted by Crippen LogP contribution is -2.22. The van der Waals surface area contributed by atoms with Crippen LogP contribution in [-0.4, -0.2) is 51.9 Å². The number of aromatic nitrogens is 4. The third kappa shape index (κ3) is 5.47. The minimum Gasteiger partial charge on any atom is -0.490 e. The number of furan rings is 1. The van der Waals surface area contributed by atoms with Crippen LogP contribution in [0.2, 0.25) is 0 Å². The molecular weight excluding hydrogens is 406 g/mol. The molecule has 3 aromatic heterocycles. The van der Waals surface area contributed by atoms with E-state index in [2.05, 4.69) is 20.0 Å². The van der Waals surface area contributed by atoms with Crippen LogP contribution in [0.4, 0.5) is 0 Å². The lowest BCUT2D eigenvalue weighted by Gasteiger charge is -2.10. The highest BCUT2D eigenvalue weighted by molar-refractivity contribution is 5.56. The molecule has 32 heavy (non-hydrogen) atoms. The maximum atomic E-state index is 12.3. The second-order valence-electron chi connectivity index (χ2n) is 7.64. The molecule has 4 rings (SSSR count). The molecule has 3 heterocycles. The van der Waals surface area contributed by atoms with Gasteiger partial charge < -0.3 is 14.1 Å². The Morgan fingerprint density at radius 3 is 2.66 bits per heavy atom. The summed E-state index contributed by atoms with van der Waals surface area (Å²) in [5.74, 6) is 1.86. The van der Waals surface area contributed by atoms with Gasteiger partial charge in [0.1, 0.15) is 5.69 Å². The number of nitrogens with zero attached hydrogens (tertiary/aromatic N) is 5. The van der Waals surface area contributed by atoms with Gasteiger partial charge >= 0.3 is 0 Å². The molecule has 0 atom stereocenters. The molecule has 0 fully saturated rings. The summed E-state index contributed by atoms with van der Waals surface area (Å²) in [6.07, 6.45) is 5.88. The molecular formula is C24H25N5O3. The molecule has 0 unspecified atom stereocenters. The predicted octanol–water partition coefficient (Wildman–Crippen LogP) is 3.34. The van der Waals surface area contributed by atoms with Crippen LogP contribution in [0.3, 0.4) is 0 Å². The summed E-state index contributed by atoms with van der Waals surface area (Å²) in [6, 6.07) is 14.5. The molecule has 0 aliphatic carbocycles. The van der Waals surface area contributed by atoms with Crippen LogP contribution >= 0.6 is 0 Å². The summed E-state index contributed by atoms with van der Waals surface area (Å²) in [7, 11) is 4.07. The van der Waals surface area contributed by atoms with Crippen LogP contribution < -0.4 is 10.3 Å². The summed E-state index contributed by atoms with van der Waals surface area (Å²) >= 11 is 0. The maximum absolute atomic E-state index is 12.3. The zero-order chi connectivity index (χ0) is 22.3. The average molecular weight is 431 g/mol. The Hall–Kier alpha value is -3.78. The van der Waals surface area contributed by atoms with E-state index >= 15 is 0 Å². The SMILES string of the molecule is CN(C)CCCOc1cnc(-c2cccc(Cn3nc(-c4ccco4)ccc3=O)c2)nc1. The van der Waals surface area contributed by atoms with Crippen molar-refractivity contribution in [2.75, 3.05) is 27.2 Å². The van der Waals surface area contributed by atoms with Gasteiger partial charge in [0.2, 0.25) is 0 Å². The molecule has 0 spiro atoms. The Labute approximate surface area is 186 Å². The van der Waals surface area contributed by atoms with Crippen molar-refractivity contribution in [2.24, 2.45) is 0 Å². The van der Waals surface area contributed by atoms with Gasteiger partial charge in [-0.05, 0) is 50.3 Å². The lowest BCUT2D eigenvalue weighted by molar-refractivity contribution is 0.280. The van der Waals surface area contributed by atoms with E-state index in [0.717, 1.165) is 24.1 Å². The number of hydrogen-bond acceptors (Lipinski definition) is 7. The van der Waals surface area contributed by atoms with Gasteiger partial charge in [-0.1, -0.05) is 18.2 Å². The summed E-state index contributed by atoms with van der Waals surface area (Å²) < 4.78 is 12.5. The van der Waals surface area contributed by atoms with Gasteiger partial charge in [0.05, 0.1) is 31.8 Å². The molecule has 4 aromatic rings. The van der Waals surface area contributed by atoms with E-state index in [1.165, 1.54) is 10.7 Å². The van der Waals surface area contributed by atoms with Crippen LogP contribution in [0.5, 0.6) is 5.75 Å². The zero-order valence-corrected chi connectivity index (χ0v) is 18.1. The van der Waals surface area contributed by atoms with E-state index in [0.29, 0.717) is 36.2 Å². The zero-order valence-electron chi connectivity index (χ0n) is 18.1. The molecule has 8 heteroatoms. The minimum atomic E-state index is -0.183. The molecule has 0 amide bonds. The van der Waals surface area contributed by atoms with Crippen molar-refractivity contribution in [1.29, 1.82) is 0 Å². The molecule has 0 N–H and O–H groups in total. The molecule has 0 aliphatic rings. The third-order valence-corrected chi connectivity index (χ3v) is 4.80. The number of hydrogen-bond donors (Lipinski definition) is 0. The summed E-state index contributed by atoms with van der Waals surface area (Å²) in [6.45, 7) is 1.91. The van der Waals surface area contributed by atoms with Crippen LogP contribution in [0.15, 0.2) is 76.4 Å². The average Bonchev–Trinajstić information content (AvgIpc) is 3.34. The van der Waals surface area contributed by atoms with Crippen LogP contribution in [0.25, 0.3) is 22.8 Å².